The van der Waals surface area contributed by atoms with Crippen LogP contribution in [0.2, 0.25) is 0 Å². The molecular weight excluding hydrogens is 326 g/mol. The molecule has 0 heterocycles. The average molecular weight is 356 g/mol. The van der Waals surface area contributed by atoms with Gasteiger partial charge in [-0.25, -0.2) is 0 Å². The number of alkyl halides is 1. The van der Waals surface area contributed by atoms with Crippen LogP contribution in [0.5, 0.6) is 0 Å². The highest BCUT2D eigenvalue weighted by molar-refractivity contribution is 9.09. The van der Waals surface area contributed by atoms with Gasteiger partial charge in [-0.2, -0.15) is 0 Å². The van der Waals surface area contributed by atoms with E-state index < -0.39 is 0 Å². The third-order valence-corrected chi connectivity index (χ3v) is 6.75. The second-order valence-corrected chi connectivity index (χ2v) is 10.8. The predicted molar refractivity (Wildman–Crippen MR) is 90.5 cm³/mol. The van der Waals surface area contributed by atoms with Crippen molar-refractivity contribution in [3.63, 3.8) is 0 Å². The molecule has 2 nitrogen and oxygen atoms in total. The van der Waals surface area contributed by atoms with Crippen LogP contribution in [0.1, 0.15) is 65.7 Å². The third-order valence-electron chi connectivity index (χ3n) is 6.29. The van der Waals surface area contributed by atoms with E-state index in [2.05, 4.69) is 36.7 Å². The highest BCUT2D eigenvalue weighted by atomic mass is 79.9. The van der Waals surface area contributed by atoms with Crippen LogP contribution in [0.4, 0.5) is 0 Å². The summed E-state index contributed by atoms with van der Waals surface area (Å²) in [6.45, 7) is 7.92. The smallest absolute Gasteiger partial charge is 0.228 e. The summed E-state index contributed by atoms with van der Waals surface area (Å²) in [6, 6.07) is 0. The minimum atomic E-state index is -0.0345. The molecule has 0 aromatic carbocycles. The van der Waals surface area contributed by atoms with Crippen molar-refractivity contribution in [1.82, 2.24) is 4.90 Å². The molecule has 1 amide bonds. The van der Waals surface area contributed by atoms with Crippen LogP contribution in [0.15, 0.2) is 0 Å². The number of amides is 1. The molecule has 4 saturated carbocycles. The van der Waals surface area contributed by atoms with Crippen molar-refractivity contribution in [2.75, 3.05) is 13.6 Å². The lowest BCUT2D eigenvalue weighted by molar-refractivity contribution is -0.178. The molecule has 3 heteroatoms. The maximum Gasteiger partial charge on any atom is 0.228 e. The maximum absolute atomic E-state index is 13.2. The predicted octanol–water partition coefficient (Wildman–Crippen LogP) is 4.61. The molecule has 0 spiro atoms. The molecule has 0 aromatic heterocycles. The zero-order valence-corrected chi connectivity index (χ0v) is 15.6. The Labute approximate surface area is 138 Å². The summed E-state index contributed by atoms with van der Waals surface area (Å²) >= 11 is 3.59. The molecule has 0 aromatic rings. The van der Waals surface area contributed by atoms with E-state index in [-0.39, 0.29) is 5.41 Å². The largest absolute Gasteiger partial charge is 0.345 e. The van der Waals surface area contributed by atoms with Crippen LogP contribution in [0, 0.1) is 22.2 Å². The first-order valence-corrected chi connectivity index (χ1v) is 9.47. The standard InChI is InChI=1S/C18H30BrNO/c1-13(19)5-6-20(4)15(21)18-9-14-7-16(2,11-18)10-17(3,8-14)12-18/h13-14H,5-12H2,1-4H3. The van der Waals surface area contributed by atoms with Crippen molar-refractivity contribution in [3.05, 3.63) is 0 Å². The van der Waals surface area contributed by atoms with Gasteiger partial charge in [0.15, 0.2) is 0 Å². The number of carbonyl (C=O) groups is 1. The van der Waals surface area contributed by atoms with Crippen molar-refractivity contribution in [1.29, 1.82) is 0 Å². The van der Waals surface area contributed by atoms with Gasteiger partial charge in [-0.3, -0.25) is 4.79 Å². The molecule has 0 aliphatic heterocycles. The lowest BCUT2D eigenvalue weighted by atomic mass is 9.40. The number of hydrogen-bond donors (Lipinski definition) is 0. The Hall–Kier alpha value is -0.0500. The Morgan fingerprint density at radius 1 is 1.19 bits per heavy atom. The van der Waals surface area contributed by atoms with Crippen LogP contribution in [0.3, 0.4) is 0 Å². The van der Waals surface area contributed by atoms with E-state index in [1.165, 1.54) is 19.3 Å². The first-order valence-electron chi connectivity index (χ1n) is 8.55. The zero-order chi connectivity index (χ0) is 15.5. The van der Waals surface area contributed by atoms with E-state index >= 15 is 0 Å². The molecule has 3 unspecified atom stereocenters. The van der Waals surface area contributed by atoms with Crippen molar-refractivity contribution >= 4 is 21.8 Å². The molecule has 4 aliphatic rings. The third kappa shape index (κ3) is 2.80. The summed E-state index contributed by atoms with van der Waals surface area (Å²) in [7, 11) is 2.01. The molecule has 4 fully saturated rings. The maximum atomic E-state index is 13.2. The Kier molecular flexibility index (Phi) is 3.75. The second kappa shape index (κ2) is 4.97. The van der Waals surface area contributed by atoms with Crippen molar-refractivity contribution in [3.8, 4) is 0 Å². The molecule has 0 N–H and O–H groups in total. The van der Waals surface area contributed by atoms with E-state index in [1.807, 2.05) is 11.9 Å². The van der Waals surface area contributed by atoms with E-state index in [1.54, 1.807) is 0 Å². The van der Waals surface area contributed by atoms with Crippen molar-refractivity contribution in [2.24, 2.45) is 22.2 Å². The lowest BCUT2D eigenvalue weighted by Crippen LogP contribution is -2.60. The van der Waals surface area contributed by atoms with Gasteiger partial charge in [-0.1, -0.05) is 36.7 Å². The number of nitrogens with zero attached hydrogens (tertiary/aromatic N) is 1. The first-order chi connectivity index (χ1) is 9.65. The van der Waals surface area contributed by atoms with Crippen LogP contribution in [-0.2, 0) is 4.79 Å². The van der Waals surface area contributed by atoms with Gasteiger partial charge < -0.3 is 4.90 Å². The van der Waals surface area contributed by atoms with Gasteiger partial charge >= 0.3 is 0 Å². The van der Waals surface area contributed by atoms with Gasteiger partial charge in [0.2, 0.25) is 5.91 Å². The summed E-state index contributed by atoms with van der Waals surface area (Å²) in [5, 5.41) is 0. The molecule has 4 aliphatic carbocycles. The number of halogens is 1. The SMILES string of the molecule is CC(Br)CCN(C)C(=O)C12CC3CC(C)(CC(C)(C3)C1)C2. The molecule has 21 heavy (non-hydrogen) atoms. The van der Waals surface area contributed by atoms with Crippen LogP contribution >= 0.6 is 15.9 Å². The van der Waals surface area contributed by atoms with Gasteiger partial charge in [0, 0.05) is 18.4 Å². The Balaban J connectivity index is 1.79. The van der Waals surface area contributed by atoms with E-state index in [0.29, 0.717) is 21.6 Å². The summed E-state index contributed by atoms with van der Waals surface area (Å²) in [4.78, 5) is 15.7. The molecule has 3 atom stereocenters. The number of carbonyl (C=O) groups excluding carboxylic acids is 1. The van der Waals surface area contributed by atoms with Gasteiger partial charge in [-0.05, 0) is 61.7 Å². The van der Waals surface area contributed by atoms with Crippen molar-refractivity contribution in [2.45, 2.75) is 70.5 Å². The number of rotatable bonds is 4. The summed E-state index contributed by atoms with van der Waals surface area (Å²) in [6.07, 6.45) is 8.53. The summed E-state index contributed by atoms with van der Waals surface area (Å²) in [5.41, 5.74) is 0.813. The van der Waals surface area contributed by atoms with Crippen LogP contribution < -0.4 is 0 Å². The van der Waals surface area contributed by atoms with E-state index in [0.717, 1.165) is 38.1 Å². The molecule has 0 radical (unpaired) electrons. The fourth-order valence-corrected chi connectivity index (χ4v) is 6.77. The minimum Gasteiger partial charge on any atom is -0.345 e. The van der Waals surface area contributed by atoms with Gasteiger partial charge in [0.25, 0.3) is 0 Å². The normalized spacial score (nSPS) is 45.7. The lowest BCUT2D eigenvalue weighted by Gasteiger charge is -2.65. The molecule has 4 rings (SSSR count). The van der Waals surface area contributed by atoms with Crippen LogP contribution in [-0.4, -0.2) is 29.2 Å². The molecule has 0 saturated heterocycles. The van der Waals surface area contributed by atoms with Crippen LogP contribution in [0.25, 0.3) is 0 Å². The summed E-state index contributed by atoms with van der Waals surface area (Å²) in [5.74, 6) is 1.24. The molecular formula is C18H30BrNO. The van der Waals surface area contributed by atoms with Gasteiger partial charge in [0.05, 0.1) is 5.41 Å². The highest BCUT2D eigenvalue weighted by Crippen LogP contribution is 2.69. The minimum absolute atomic E-state index is 0.0345. The van der Waals surface area contributed by atoms with Crippen molar-refractivity contribution < 1.29 is 4.79 Å². The Morgan fingerprint density at radius 3 is 2.24 bits per heavy atom. The Morgan fingerprint density at radius 2 is 1.76 bits per heavy atom. The van der Waals surface area contributed by atoms with Gasteiger partial charge in [-0.15, -0.1) is 0 Å². The van der Waals surface area contributed by atoms with E-state index in [9.17, 15) is 4.79 Å². The van der Waals surface area contributed by atoms with Gasteiger partial charge in [0.1, 0.15) is 0 Å². The fraction of sp³-hybridized carbons (Fsp3) is 0.944. The zero-order valence-electron chi connectivity index (χ0n) is 14.0. The number of hydrogen-bond acceptors (Lipinski definition) is 1. The summed E-state index contributed by atoms with van der Waals surface area (Å²) < 4.78 is 0. The first kappa shape index (κ1) is 15.8. The fourth-order valence-electron chi connectivity index (χ4n) is 6.56. The molecule has 4 bridgehead atoms. The Bertz CT molecular complexity index is 428. The monoisotopic (exact) mass is 355 g/mol. The average Bonchev–Trinajstić information content (AvgIpc) is 2.30. The van der Waals surface area contributed by atoms with E-state index in [4.69, 9.17) is 0 Å². The highest BCUT2D eigenvalue weighted by Gasteiger charge is 2.63. The molecule has 120 valence electrons. The topological polar surface area (TPSA) is 20.3 Å². The quantitative estimate of drug-likeness (QED) is 0.674. The second-order valence-electron chi connectivity index (χ2n) is 9.21.